The van der Waals surface area contributed by atoms with Gasteiger partial charge in [-0.1, -0.05) is 0 Å². The number of hydrogen-bond acceptors (Lipinski definition) is 6. The second kappa shape index (κ2) is 6.87. The zero-order valence-corrected chi connectivity index (χ0v) is 12.0. The molecule has 1 N–H and O–H groups in total. The molecule has 1 saturated heterocycles. The van der Waals surface area contributed by atoms with E-state index in [0.29, 0.717) is 24.8 Å². The van der Waals surface area contributed by atoms with Gasteiger partial charge in [0.15, 0.2) is 5.82 Å². The lowest BCUT2D eigenvalue weighted by molar-refractivity contribution is -0.121. The van der Waals surface area contributed by atoms with Crippen molar-refractivity contribution in [3.63, 3.8) is 0 Å². The first-order valence-corrected chi connectivity index (χ1v) is 6.64. The molecule has 1 aliphatic heterocycles. The highest BCUT2D eigenvalue weighted by molar-refractivity contribution is 5.92. The molecule has 2 rings (SSSR count). The van der Waals surface area contributed by atoms with Crippen molar-refractivity contribution in [3.8, 4) is 5.88 Å². The number of anilines is 1. The molecule has 1 aromatic heterocycles. The molecule has 114 valence electrons. The number of ether oxygens (including phenoxy) is 2. The fraction of sp³-hybridized carbons (Fsp3) is 0.538. The number of carbonyl (C=O) groups excluding carboxylic acids is 2. The van der Waals surface area contributed by atoms with Crippen LogP contribution in [0.1, 0.15) is 12.8 Å². The molecule has 1 atom stereocenters. The number of carbonyl (C=O) groups is 2. The summed E-state index contributed by atoms with van der Waals surface area (Å²) >= 11 is 0. The van der Waals surface area contributed by atoms with Crippen LogP contribution in [0, 0.1) is 5.92 Å². The van der Waals surface area contributed by atoms with E-state index >= 15 is 0 Å². The molecule has 8 heteroatoms. The minimum absolute atomic E-state index is 0.178. The van der Waals surface area contributed by atoms with Crippen molar-refractivity contribution < 1.29 is 19.1 Å². The quantitative estimate of drug-likeness (QED) is 0.890. The molecule has 21 heavy (non-hydrogen) atoms. The predicted octanol–water partition coefficient (Wildman–Crippen LogP) is 0.902. The van der Waals surface area contributed by atoms with E-state index in [0.717, 1.165) is 12.8 Å². The van der Waals surface area contributed by atoms with Gasteiger partial charge >= 0.3 is 6.09 Å². The molecule has 0 spiro atoms. The van der Waals surface area contributed by atoms with Gasteiger partial charge in [-0.05, 0) is 12.8 Å². The van der Waals surface area contributed by atoms with Crippen LogP contribution in [0.3, 0.4) is 0 Å². The molecule has 1 aromatic rings. The summed E-state index contributed by atoms with van der Waals surface area (Å²) in [6, 6.07) is 0. The average molecular weight is 294 g/mol. The molecule has 8 nitrogen and oxygen atoms in total. The van der Waals surface area contributed by atoms with Crippen molar-refractivity contribution >= 4 is 17.8 Å². The van der Waals surface area contributed by atoms with Crippen LogP contribution >= 0.6 is 0 Å². The fourth-order valence-corrected chi connectivity index (χ4v) is 2.20. The van der Waals surface area contributed by atoms with Crippen LogP contribution in [-0.4, -0.2) is 54.2 Å². The maximum atomic E-state index is 12.2. The fourth-order valence-electron chi connectivity index (χ4n) is 2.20. The molecule has 0 saturated carbocycles. The largest absolute Gasteiger partial charge is 0.480 e. The van der Waals surface area contributed by atoms with E-state index in [4.69, 9.17) is 4.74 Å². The minimum atomic E-state index is -0.406. The second-order valence-electron chi connectivity index (χ2n) is 4.69. The third kappa shape index (κ3) is 3.80. The Balaban J connectivity index is 1.94. The highest BCUT2D eigenvalue weighted by Crippen LogP contribution is 2.19. The Kier molecular flexibility index (Phi) is 4.91. The van der Waals surface area contributed by atoms with Crippen LogP contribution in [0.25, 0.3) is 0 Å². The summed E-state index contributed by atoms with van der Waals surface area (Å²) in [5, 5.41) is 2.69. The number of methoxy groups -OCH3 is 2. The van der Waals surface area contributed by atoms with E-state index in [2.05, 4.69) is 20.0 Å². The molecule has 2 amide bonds. The van der Waals surface area contributed by atoms with E-state index < -0.39 is 6.09 Å². The molecule has 0 aliphatic carbocycles. The lowest BCUT2D eigenvalue weighted by Gasteiger charge is -2.30. The number of likely N-dealkylation sites (tertiary alicyclic amines) is 1. The molecule has 0 bridgehead atoms. The summed E-state index contributed by atoms with van der Waals surface area (Å²) in [6.07, 6.45) is 3.94. The molecule has 1 fully saturated rings. The van der Waals surface area contributed by atoms with E-state index in [9.17, 15) is 9.59 Å². The SMILES string of the molecule is COC(=O)N1CCC[C@@H](C(=O)Nc2cnc(OC)cn2)C1. The van der Waals surface area contributed by atoms with Gasteiger partial charge in [0.2, 0.25) is 11.8 Å². The monoisotopic (exact) mass is 294 g/mol. The van der Waals surface area contributed by atoms with Crippen LogP contribution in [0.5, 0.6) is 5.88 Å². The van der Waals surface area contributed by atoms with E-state index in [1.54, 1.807) is 0 Å². The van der Waals surface area contributed by atoms with E-state index in [1.165, 1.54) is 31.5 Å². The van der Waals surface area contributed by atoms with E-state index in [1.807, 2.05) is 0 Å². The molecular formula is C13H18N4O4. The molecule has 0 aromatic carbocycles. The Bertz CT molecular complexity index is 505. The third-order valence-corrected chi connectivity index (χ3v) is 3.31. The molecule has 0 radical (unpaired) electrons. The lowest BCUT2D eigenvalue weighted by Crippen LogP contribution is -2.43. The first-order chi connectivity index (χ1) is 10.1. The Morgan fingerprint density at radius 2 is 2.14 bits per heavy atom. The number of nitrogens with one attached hydrogen (secondary N) is 1. The first kappa shape index (κ1) is 15.0. The molecule has 2 heterocycles. The first-order valence-electron chi connectivity index (χ1n) is 6.64. The van der Waals surface area contributed by atoms with Crippen LogP contribution < -0.4 is 10.1 Å². The summed E-state index contributed by atoms with van der Waals surface area (Å²) in [5.74, 6) is 0.281. The van der Waals surface area contributed by atoms with Gasteiger partial charge in [0, 0.05) is 13.1 Å². The van der Waals surface area contributed by atoms with Crippen molar-refractivity contribution in [2.45, 2.75) is 12.8 Å². The van der Waals surface area contributed by atoms with Gasteiger partial charge in [-0.25, -0.2) is 14.8 Å². The molecular weight excluding hydrogens is 276 g/mol. The second-order valence-corrected chi connectivity index (χ2v) is 4.69. The van der Waals surface area contributed by atoms with Gasteiger partial charge in [0.1, 0.15) is 0 Å². The number of nitrogens with zero attached hydrogens (tertiary/aromatic N) is 3. The Labute approximate surface area is 122 Å². The van der Waals surface area contributed by atoms with Crippen LogP contribution in [0.4, 0.5) is 10.6 Å². The van der Waals surface area contributed by atoms with Crippen LogP contribution in [0.2, 0.25) is 0 Å². The molecule has 0 unspecified atom stereocenters. The lowest BCUT2D eigenvalue weighted by atomic mass is 9.97. The van der Waals surface area contributed by atoms with Crippen molar-refractivity contribution in [2.75, 3.05) is 32.6 Å². The third-order valence-electron chi connectivity index (χ3n) is 3.31. The van der Waals surface area contributed by atoms with Gasteiger partial charge in [0.05, 0.1) is 32.5 Å². The minimum Gasteiger partial charge on any atom is -0.480 e. The normalized spacial score (nSPS) is 18.0. The standard InChI is InChI=1S/C13H18N4O4/c1-20-11-7-14-10(6-15-11)16-12(18)9-4-3-5-17(8-9)13(19)21-2/h6-7,9H,3-5,8H2,1-2H3,(H,14,16,18)/t9-/m1/s1. The van der Waals surface area contributed by atoms with Gasteiger partial charge in [-0.15, -0.1) is 0 Å². The van der Waals surface area contributed by atoms with Gasteiger partial charge in [-0.2, -0.15) is 0 Å². The smallest absolute Gasteiger partial charge is 0.409 e. The topological polar surface area (TPSA) is 93.7 Å². The summed E-state index contributed by atoms with van der Waals surface area (Å²) in [4.78, 5) is 33.2. The van der Waals surface area contributed by atoms with Crippen molar-refractivity contribution in [1.29, 1.82) is 0 Å². The van der Waals surface area contributed by atoms with E-state index in [-0.39, 0.29) is 11.8 Å². The molecule has 1 aliphatic rings. The number of amides is 2. The van der Waals surface area contributed by atoms with Gasteiger partial charge in [-0.3, -0.25) is 4.79 Å². The number of rotatable bonds is 3. The summed E-state index contributed by atoms with van der Waals surface area (Å²) in [5.41, 5.74) is 0. The Morgan fingerprint density at radius 1 is 1.33 bits per heavy atom. The summed E-state index contributed by atoms with van der Waals surface area (Å²) in [6.45, 7) is 0.959. The maximum Gasteiger partial charge on any atom is 0.409 e. The van der Waals surface area contributed by atoms with Crippen LogP contribution in [0.15, 0.2) is 12.4 Å². The van der Waals surface area contributed by atoms with Crippen LogP contribution in [-0.2, 0) is 9.53 Å². The predicted molar refractivity (Wildman–Crippen MR) is 73.9 cm³/mol. The van der Waals surface area contributed by atoms with Gasteiger partial charge in [0.25, 0.3) is 0 Å². The Morgan fingerprint density at radius 3 is 2.76 bits per heavy atom. The zero-order valence-electron chi connectivity index (χ0n) is 12.0. The van der Waals surface area contributed by atoms with Crippen molar-refractivity contribution in [3.05, 3.63) is 12.4 Å². The number of aromatic nitrogens is 2. The van der Waals surface area contributed by atoms with Crippen molar-refractivity contribution in [1.82, 2.24) is 14.9 Å². The number of piperidine rings is 1. The van der Waals surface area contributed by atoms with Gasteiger partial charge < -0.3 is 19.7 Å². The Hall–Kier alpha value is -2.38. The average Bonchev–Trinajstić information content (AvgIpc) is 2.55. The van der Waals surface area contributed by atoms with Crippen molar-refractivity contribution in [2.24, 2.45) is 5.92 Å². The highest BCUT2D eigenvalue weighted by Gasteiger charge is 2.29. The maximum absolute atomic E-state index is 12.2. The summed E-state index contributed by atoms with van der Waals surface area (Å²) < 4.78 is 9.58. The summed E-state index contributed by atoms with van der Waals surface area (Å²) in [7, 11) is 2.82. The highest BCUT2D eigenvalue weighted by atomic mass is 16.5. The number of hydrogen-bond donors (Lipinski definition) is 1. The zero-order chi connectivity index (χ0) is 15.2.